The lowest BCUT2D eigenvalue weighted by Crippen LogP contribution is -1.79. The van der Waals surface area contributed by atoms with Crippen LogP contribution in [0.15, 0.2) is 0 Å². The highest BCUT2D eigenvalue weighted by molar-refractivity contribution is 7.23. The maximum absolute atomic E-state index is 9.66. The number of hydrogen-bond donors (Lipinski definition) is 1. The Morgan fingerprint density at radius 3 is 2.50 bits per heavy atom. The highest BCUT2D eigenvalue weighted by atomic mass is 31.1. The molecule has 0 aliphatic carbocycles. The van der Waals surface area contributed by atoms with Crippen LogP contribution in [0.4, 0.5) is 0 Å². The molecule has 0 saturated heterocycles. The molecule has 0 spiro atoms. The SMILES string of the molecule is O=[PH2]CCCO. The van der Waals surface area contributed by atoms with Crippen molar-refractivity contribution in [3.05, 3.63) is 0 Å². The van der Waals surface area contributed by atoms with Crippen LogP contribution in [0.2, 0.25) is 0 Å². The van der Waals surface area contributed by atoms with Crippen LogP contribution in [0.25, 0.3) is 0 Å². The van der Waals surface area contributed by atoms with E-state index < -0.39 is 8.46 Å². The summed E-state index contributed by atoms with van der Waals surface area (Å²) in [4.78, 5) is 0. The Balaban J connectivity index is 2.49. The topological polar surface area (TPSA) is 37.3 Å². The minimum absolute atomic E-state index is 0.176. The summed E-state index contributed by atoms with van der Waals surface area (Å²) in [7, 11) is -0.626. The molecular formula is C3H9O2P. The summed E-state index contributed by atoms with van der Waals surface area (Å²) in [5.41, 5.74) is 0. The molecule has 1 unspecified atom stereocenters. The standard InChI is InChI=1S/C3H9O2P/c4-2-1-3-6-5/h4H,1-3,6H2. The van der Waals surface area contributed by atoms with Gasteiger partial charge in [-0.25, -0.2) is 0 Å². The number of aliphatic hydroxyl groups is 1. The van der Waals surface area contributed by atoms with Gasteiger partial charge in [0.1, 0.15) is 0 Å². The van der Waals surface area contributed by atoms with Gasteiger partial charge >= 0.3 is 0 Å². The van der Waals surface area contributed by atoms with E-state index in [2.05, 4.69) is 0 Å². The zero-order valence-electron chi connectivity index (χ0n) is 3.55. The molecule has 0 heterocycles. The molecule has 1 atom stereocenters. The average Bonchev–Trinajstić information content (AvgIpc) is 1.61. The first-order valence-corrected chi connectivity index (χ1v) is 3.25. The Morgan fingerprint density at radius 2 is 2.33 bits per heavy atom. The second-order valence-corrected chi connectivity index (χ2v) is 1.94. The first-order valence-electron chi connectivity index (χ1n) is 1.96. The molecule has 1 N–H and O–H groups in total. The zero-order chi connectivity index (χ0) is 4.83. The molecule has 0 fully saturated rings. The minimum atomic E-state index is -0.626. The van der Waals surface area contributed by atoms with Crippen LogP contribution < -0.4 is 0 Å². The summed E-state index contributed by atoms with van der Waals surface area (Å²) >= 11 is 0. The van der Waals surface area contributed by atoms with E-state index in [1.807, 2.05) is 0 Å². The van der Waals surface area contributed by atoms with E-state index in [1.54, 1.807) is 0 Å². The van der Waals surface area contributed by atoms with Crippen molar-refractivity contribution in [2.24, 2.45) is 0 Å². The van der Waals surface area contributed by atoms with Crippen molar-refractivity contribution in [2.75, 3.05) is 12.8 Å². The molecule has 0 aromatic rings. The van der Waals surface area contributed by atoms with Gasteiger partial charge < -0.3 is 9.67 Å². The molecule has 0 radical (unpaired) electrons. The van der Waals surface area contributed by atoms with Crippen molar-refractivity contribution in [3.8, 4) is 0 Å². The van der Waals surface area contributed by atoms with Crippen LogP contribution in [0.5, 0.6) is 0 Å². The molecule has 0 aromatic carbocycles. The molecule has 38 valence electrons. The fraction of sp³-hybridized carbons (Fsp3) is 1.00. The fourth-order valence-corrected chi connectivity index (χ4v) is 0.524. The summed E-state index contributed by atoms with van der Waals surface area (Å²) in [6.07, 6.45) is 1.38. The number of hydrogen-bond acceptors (Lipinski definition) is 2. The normalized spacial score (nSPS) is 10.8. The first kappa shape index (κ1) is 6.19. The third-order valence-corrected chi connectivity index (χ3v) is 1.12. The molecule has 0 aliphatic heterocycles. The quantitative estimate of drug-likeness (QED) is 0.412. The van der Waals surface area contributed by atoms with Gasteiger partial charge in [0.25, 0.3) is 0 Å². The Labute approximate surface area is 38.4 Å². The monoisotopic (exact) mass is 108 g/mol. The Kier molecular flexibility index (Phi) is 5.35. The second kappa shape index (κ2) is 5.19. The molecule has 0 amide bonds. The Hall–Kier alpha value is 0.190. The summed E-state index contributed by atoms with van der Waals surface area (Å²) in [5.74, 6) is 0. The second-order valence-electron chi connectivity index (χ2n) is 1.03. The molecule has 6 heavy (non-hydrogen) atoms. The lowest BCUT2D eigenvalue weighted by atomic mass is 10.5. The molecule has 0 bridgehead atoms. The molecule has 0 aliphatic rings. The predicted octanol–water partition coefficient (Wildman–Crippen LogP) is 0.125. The van der Waals surface area contributed by atoms with Crippen molar-refractivity contribution in [1.82, 2.24) is 0 Å². The van der Waals surface area contributed by atoms with Crippen molar-refractivity contribution in [1.29, 1.82) is 0 Å². The van der Waals surface area contributed by atoms with Crippen molar-refractivity contribution >= 4 is 8.46 Å². The predicted molar refractivity (Wildman–Crippen MR) is 27.0 cm³/mol. The molecule has 2 nitrogen and oxygen atoms in total. The van der Waals surface area contributed by atoms with Crippen LogP contribution in [-0.4, -0.2) is 17.9 Å². The van der Waals surface area contributed by atoms with Crippen molar-refractivity contribution in [3.63, 3.8) is 0 Å². The van der Waals surface area contributed by atoms with E-state index in [1.165, 1.54) is 0 Å². The van der Waals surface area contributed by atoms with E-state index in [0.717, 1.165) is 0 Å². The van der Waals surface area contributed by atoms with E-state index in [0.29, 0.717) is 12.6 Å². The van der Waals surface area contributed by atoms with Crippen LogP contribution in [0.1, 0.15) is 6.42 Å². The van der Waals surface area contributed by atoms with Gasteiger partial charge in [0.15, 0.2) is 0 Å². The van der Waals surface area contributed by atoms with E-state index in [9.17, 15) is 4.57 Å². The van der Waals surface area contributed by atoms with Crippen LogP contribution in [0, 0.1) is 0 Å². The summed E-state index contributed by atoms with van der Waals surface area (Å²) in [5, 5.41) is 8.07. The fourth-order valence-electron chi connectivity index (χ4n) is 0.175. The summed E-state index contributed by atoms with van der Waals surface area (Å²) in [6.45, 7) is 0.176. The highest BCUT2D eigenvalue weighted by Crippen LogP contribution is 1.91. The van der Waals surface area contributed by atoms with Gasteiger partial charge in [0.05, 0.1) is 8.46 Å². The van der Waals surface area contributed by atoms with Crippen LogP contribution in [0.3, 0.4) is 0 Å². The largest absolute Gasteiger partial charge is 0.396 e. The van der Waals surface area contributed by atoms with E-state index in [4.69, 9.17) is 5.11 Å². The van der Waals surface area contributed by atoms with Gasteiger partial charge in [0.2, 0.25) is 0 Å². The maximum atomic E-state index is 9.66. The van der Waals surface area contributed by atoms with Gasteiger partial charge in [-0.15, -0.1) is 0 Å². The average molecular weight is 108 g/mol. The lowest BCUT2D eigenvalue weighted by Gasteiger charge is -1.79. The zero-order valence-corrected chi connectivity index (χ0v) is 4.71. The van der Waals surface area contributed by atoms with Crippen molar-refractivity contribution < 1.29 is 9.67 Å². The third-order valence-electron chi connectivity index (χ3n) is 0.480. The van der Waals surface area contributed by atoms with Crippen molar-refractivity contribution in [2.45, 2.75) is 6.42 Å². The minimum Gasteiger partial charge on any atom is -0.396 e. The van der Waals surface area contributed by atoms with Gasteiger partial charge in [-0.05, 0) is 12.6 Å². The Bertz CT molecular complexity index is 37.8. The smallest absolute Gasteiger partial charge is 0.0646 e. The third kappa shape index (κ3) is 4.19. The molecule has 0 saturated carbocycles. The highest BCUT2D eigenvalue weighted by Gasteiger charge is 1.74. The van der Waals surface area contributed by atoms with Gasteiger partial charge in [0, 0.05) is 6.61 Å². The van der Waals surface area contributed by atoms with Crippen LogP contribution in [-0.2, 0) is 4.57 Å². The van der Waals surface area contributed by atoms with Crippen LogP contribution >= 0.6 is 8.46 Å². The van der Waals surface area contributed by atoms with Gasteiger partial charge in [-0.3, -0.25) is 0 Å². The van der Waals surface area contributed by atoms with E-state index in [-0.39, 0.29) is 6.61 Å². The van der Waals surface area contributed by atoms with Gasteiger partial charge in [-0.1, -0.05) is 0 Å². The first-order chi connectivity index (χ1) is 2.91. The Morgan fingerprint density at radius 1 is 1.67 bits per heavy atom. The van der Waals surface area contributed by atoms with Gasteiger partial charge in [-0.2, -0.15) is 0 Å². The summed E-state index contributed by atoms with van der Waals surface area (Å²) in [6, 6.07) is 0. The van der Waals surface area contributed by atoms with E-state index >= 15 is 0 Å². The maximum Gasteiger partial charge on any atom is 0.0646 e. The number of aliphatic hydroxyl groups excluding tert-OH is 1. The molecular weight excluding hydrogens is 99.0 g/mol. The lowest BCUT2D eigenvalue weighted by molar-refractivity contribution is 0.296. The summed E-state index contributed by atoms with van der Waals surface area (Å²) < 4.78 is 9.66. The molecule has 3 heteroatoms. The molecule has 0 rings (SSSR count). The molecule has 0 aromatic heterocycles. The number of rotatable bonds is 3.